The number of carbonyl (C=O) groups is 3. The Balaban J connectivity index is 2.01. The van der Waals surface area contributed by atoms with Gasteiger partial charge in [0.2, 0.25) is 17.7 Å². The van der Waals surface area contributed by atoms with E-state index < -0.39 is 23.9 Å². The van der Waals surface area contributed by atoms with Gasteiger partial charge >= 0.3 is 0 Å². The van der Waals surface area contributed by atoms with Crippen LogP contribution in [0.3, 0.4) is 0 Å². The van der Waals surface area contributed by atoms with E-state index in [1.165, 1.54) is 0 Å². The number of ether oxygens (including phenoxy) is 1. The molecule has 0 unspecified atom stereocenters. The molecular weight excluding hydrogens is 286 g/mol. The molecule has 1 aromatic carbocycles. The first kappa shape index (κ1) is 15.8. The van der Waals surface area contributed by atoms with Gasteiger partial charge in [0.1, 0.15) is 17.8 Å². The normalized spacial score (nSPS) is 18.4. The molecule has 118 valence electrons. The van der Waals surface area contributed by atoms with Gasteiger partial charge in [-0.3, -0.25) is 14.4 Å². The van der Waals surface area contributed by atoms with E-state index in [1.807, 2.05) is 6.07 Å². The van der Waals surface area contributed by atoms with Crippen LogP contribution in [0.5, 0.6) is 5.75 Å². The van der Waals surface area contributed by atoms with Crippen molar-refractivity contribution in [2.75, 3.05) is 7.11 Å². The lowest BCUT2D eigenvalue weighted by Gasteiger charge is -2.18. The third kappa shape index (κ3) is 3.97. The number of primary amides is 1. The number of nitrogens with two attached hydrogens (primary N) is 1. The van der Waals surface area contributed by atoms with Crippen molar-refractivity contribution in [2.24, 2.45) is 5.73 Å². The van der Waals surface area contributed by atoms with Gasteiger partial charge in [-0.1, -0.05) is 12.1 Å². The third-order valence-electron chi connectivity index (χ3n) is 3.55. The largest absolute Gasteiger partial charge is 0.497 e. The zero-order valence-corrected chi connectivity index (χ0v) is 12.3. The Bertz CT molecular complexity index is 588. The van der Waals surface area contributed by atoms with Gasteiger partial charge in [-0.2, -0.15) is 0 Å². The van der Waals surface area contributed by atoms with Gasteiger partial charge in [0, 0.05) is 12.8 Å². The molecule has 0 radical (unpaired) electrons. The second kappa shape index (κ2) is 6.93. The van der Waals surface area contributed by atoms with Crippen molar-refractivity contribution < 1.29 is 19.1 Å². The van der Waals surface area contributed by atoms with Crippen molar-refractivity contribution >= 4 is 17.7 Å². The van der Waals surface area contributed by atoms with Crippen LogP contribution in [0.2, 0.25) is 0 Å². The number of rotatable bonds is 6. The van der Waals surface area contributed by atoms with Crippen molar-refractivity contribution in [3.8, 4) is 5.75 Å². The monoisotopic (exact) mass is 305 g/mol. The van der Waals surface area contributed by atoms with Crippen molar-refractivity contribution in [3.05, 3.63) is 29.8 Å². The zero-order chi connectivity index (χ0) is 16.1. The molecule has 2 rings (SSSR count). The molecule has 0 aliphatic carbocycles. The first-order chi connectivity index (χ1) is 10.5. The van der Waals surface area contributed by atoms with Crippen molar-refractivity contribution in [1.82, 2.24) is 10.6 Å². The molecule has 7 nitrogen and oxygen atoms in total. The Kier molecular flexibility index (Phi) is 4.98. The van der Waals surface area contributed by atoms with E-state index in [4.69, 9.17) is 10.5 Å². The van der Waals surface area contributed by atoms with Gasteiger partial charge < -0.3 is 21.1 Å². The molecule has 0 aromatic heterocycles. The van der Waals surface area contributed by atoms with Crippen molar-refractivity contribution in [1.29, 1.82) is 0 Å². The molecule has 1 aliphatic heterocycles. The Morgan fingerprint density at radius 1 is 1.50 bits per heavy atom. The molecule has 1 heterocycles. The lowest BCUT2D eigenvalue weighted by molar-refractivity contribution is -0.129. The number of carbonyl (C=O) groups excluding carboxylic acids is 3. The third-order valence-corrected chi connectivity index (χ3v) is 3.55. The lowest BCUT2D eigenvalue weighted by Crippen LogP contribution is -2.51. The van der Waals surface area contributed by atoms with E-state index in [0.29, 0.717) is 18.6 Å². The Morgan fingerprint density at radius 3 is 2.86 bits per heavy atom. The highest BCUT2D eigenvalue weighted by Gasteiger charge is 2.29. The molecule has 1 aliphatic rings. The van der Waals surface area contributed by atoms with Crippen LogP contribution in [-0.4, -0.2) is 36.9 Å². The van der Waals surface area contributed by atoms with Gasteiger partial charge in [-0.25, -0.2) is 0 Å². The van der Waals surface area contributed by atoms with Crippen LogP contribution >= 0.6 is 0 Å². The average molecular weight is 305 g/mol. The minimum atomic E-state index is -0.836. The predicted molar refractivity (Wildman–Crippen MR) is 79.0 cm³/mol. The summed E-state index contributed by atoms with van der Waals surface area (Å²) in [5.41, 5.74) is 6.18. The quantitative estimate of drug-likeness (QED) is 0.657. The fraction of sp³-hybridized carbons (Fsp3) is 0.400. The average Bonchev–Trinajstić information content (AvgIpc) is 2.93. The molecule has 2 atom stereocenters. The summed E-state index contributed by atoms with van der Waals surface area (Å²) in [7, 11) is 1.55. The molecular formula is C15H19N3O4. The van der Waals surface area contributed by atoms with Gasteiger partial charge in [0.15, 0.2) is 0 Å². The topological polar surface area (TPSA) is 111 Å². The number of methoxy groups -OCH3 is 1. The number of nitrogens with one attached hydrogen (secondary N) is 2. The number of hydrogen-bond donors (Lipinski definition) is 3. The maximum atomic E-state index is 12.1. The van der Waals surface area contributed by atoms with Crippen LogP contribution < -0.4 is 21.1 Å². The highest BCUT2D eigenvalue weighted by atomic mass is 16.5. The van der Waals surface area contributed by atoms with E-state index in [9.17, 15) is 14.4 Å². The van der Waals surface area contributed by atoms with E-state index in [-0.39, 0.29) is 12.3 Å². The molecule has 1 aromatic rings. The summed E-state index contributed by atoms with van der Waals surface area (Å²) < 4.78 is 5.12. The van der Waals surface area contributed by atoms with Crippen molar-refractivity contribution in [2.45, 2.75) is 31.3 Å². The fourth-order valence-electron chi connectivity index (χ4n) is 2.34. The molecule has 1 saturated heterocycles. The van der Waals surface area contributed by atoms with Gasteiger partial charge in [0.25, 0.3) is 0 Å². The Hall–Kier alpha value is -2.57. The first-order valence-electron chi connectivity index (χ1n) is 7.01. The molecule has 3 amide bonds. The standard InChI is InChI=1S/C15H19N3O4/c1-22-10-4-2-3-9(7-10)8-12(14(16)20)18-15(21)11-5-6-13(19)17-11/h2-4,7,11-12H,5-6,8H2,1H3,(H2,16,20)(H,17,19)(H,18,21)/t11-,12+/m0/s1. The van der Waals surface area contributed by atoms with E-state index in [0.717, 1.165) is 5.56 Å². The highest BCUT2D eigenvalue weighted by molar-refractivity contribution is 5.93. The molecule has 22 heavy (non-hydrogen) atoms. The summed E-state index contributed by atoms with van der Waals surface area (Å²) in [6.45, 7) is 0. The second-order valence-corrected chi connectivity index (χ2v) is 5.18. The van der Waals surface area contributed by atoms with E-state index >= 15 is 0 Å². The van der Waals surface area contributed by atoms with Crippen molar-refractivity contribution in [3.63, 3.8) is 0 Å². The maximum absolute atomic E-state index is 12.1. The van der Waals surface area contributed by atoms with Crippen LogP contribution in [-0.2, 0) is 20.8 Å². The Morgan fingerprint density at radius 2 is 2.27 bits per heavy atom. The predicted octanol–water partition coefficient (Wildman–Crippen LogP) is -0.514. The van der Waals surface area contributed by atoms with Crippen LogP contribution in [0.4, 0.5) is 0 Å². The molecule has 0 spiro atoms. The van der Waals surface area contributed by atoms with E-state index in [2.05, 4.69) is 10.6 Å². The summed E-state index contributed by atoms with van der Waals surface area (Å²) in [5, 5.41) is 5.15. The highest BCUT2D eigenvalue weighted by Crippen LogP contribution is 2.14. The maximum Gasteiger partial charge on any atom is 0.243 e. The smallest absolute Gasteiger partial charge is 0.243 e. The van der Waals surface area contributed by atoms with Crippen LogP contribution in [0, 0.1) is 0 Å². The van der Waals surface area contributed by atoms with Gasteiger partial charge in [0.05, 0.1) is 7.11 Å². The fourth-order valence-corrected chi connectivity index (χ4v) is 2.34. The summed E-state index contributed by atoms with van der Waals surface area (Å²) in [6, 6.07) is 5.75. The molecule has 0 bridgehead atoms. The summed E-state index contributed by atoms with van der Waals surface area (Å²) in [6.07, 6.45) is 1.00. The molecule has 7 heteroatoms. The lowest BCUT2D eigenvalue weighted by atomic mass is 10.0. The number of hydrogen-bond acceptors (Lipinski definition) is 4. The van der Waals surface area contributed by atoms with Crippen LogP contribution in [0.1, 0.15) is 18.4 Å². The minimum Gasteiger partial charge on any atom is -0.497 e. The number of amides is 3. The minimum absolute atomic E-state index is 0.163. The summed E-state index contributed by atoms with van der Waals surface area (Å²) >= 11 is 0. The van der Waals surface area contributed by atoms with Gasteiger partial charge in [-0.15, -0.1) is 0 Å². The van der Waals surface area contributed by atoms with E-state index in [1.54, 1.807) is 25.3 Å². The van der Waals surface area contributed by atoms with Crippen LogP contribution in [0.25, 0.3) is 0 Å². The summed E-state index contributed by atoms with van der Waals surface area (Å²) in [5.74, 6) is -0.517. The summed E-state index contributed by atoms with van der Waals surface area (Å²) in [4.78, 5) is 34.8. The van der Waals surface area contributed by atoms with Crippen LogP contribution in [0.15, 0.2) is 24.3 Å². The Labute approximate surface area is 128 Å². The van der Waals surface area contributed by atoms with Gasteiger partial charge in [-0.05, 0) is 24.1 Å². The molecule has 4 N–H and O–H groups in total. The molecule has 0 saturated carbocycles. The SMILES string of the molecule is COc1cccc(C[C@@H](NC(=O)[C@@H]2CCC(=O)N2)C(N)=O)c1. The molecule has 1 fully saturated rings. The first-order valence-corrected chi connectivity index (χ1v) is 7.01. The second-order valence-electron chi connectivity index (χ2n) is 5.18. The number of benzene rings is 1. The zero-order valence-electron chi connectivity index (χ0n) is 12.3.